The van der Waals surface area contributed by atoms with Crippen molar-refractivity contribution in [3.05, 3.63) is 53.9 Å². The highest BCUT2D eigenvalue weighted by molar-refractivity contribution is 5.82. The van der Waals surface area contributed by atoms with Crippen LogP contribution in [0.25, 0.3) is 10.9 Å². The van der Waals surface area contributed by atoms with Gasteiger partial charge >= 0.3 is 0 Å². The zero-order valence-electron chi connectivity index (χ0n) is 9.47. The third-order valence-corrected chi connectivity index (χ3v) is 3.04. The number of benzene rings is 1. The first-order valence-corrected chi connectivity index (χ1v) is 5.78. The van der Waals surface area contributed by atoms with Crippen LogP contribution in [0.15, 0.2) is 48.4 Å². The highest BCUT2D eigenvalue weighted by atomic mass is 16.5. The van der Waals surface area contributed by atoms with Crippen molar-refractivity contribution in [3.63, 3.8) is 0 Å². The average molecular weight is 226 g/mol. The Balaban J connectivity index is 2.10. The van der Waals surface area contributed by atoms with Gasteiger partial charge in [-0.3, -0.25) is 4.98 Å². The highest BCUT2D eigenvalue weighted by Gasteiger charge is 2.18. The lowest BCUT2D eigenvalue weighted by Gasteiger charge is -2.15. The fraction of sp³-hybridized carbons (Fsp3) is 0.214. The van der Waals surface area contributed by atoms with Gasteiger partial charge in [0, 0.05) is 23.6 Å². The lowest BCUT2D eigenvalue weighted by molar-refractivity contribution is 0.225. The second kappa shape index (κ2) is 4.18. The molecule has 1 aliphatic rings. The molecule has 0 fully saturated rings. The van der Waals surface area contributed by atoms with E-state index in [1.165, 1.54) is 0 Å². The zero-order chi connectivity index (χ0) is 11.7. The summed E-state index contributed by atoms with van der Waals surface area (Å²) in [5, 5.41) is 1.11. The van der Waals surface area contributed by atoms with Gasteiger partial charge < -0.3 is 10.5 Å². The van der Waals surface area contributed by atoms with Crippen molar-refractivity contribution < 1.29 is 4.74 Å². The average Bonchev–Trinajstić information content (AvgIpc) is 2.91. The number of aromatic nitrogens is 1. The third-order valence-electron chi connectivity index (χ3n) is 3.04. The SMILES string of the molecule is NC(C1=CCCO1)c1cccc2cccnc12. The van der Waals surface area contributed by atoms with Crippen molar-refractivity contribution in [3.8, 4) is 0 Å². The van der Waals surface area contributed by atoms with Crippen molar-refractivity contribution in [1.82, 2.24) is 4.98 Å². The molecule has 0 saturated carbocycles. The summed E-state index contributed by atoms with van der Waals surface area (Å²) in [6.45, 7) is 0.737. The van der Waals surface area contributed by atoms with E-state index in [1.54, 1.807) is 6.20 Å². The number of rotatable bonds is 2. The molecule has 2 N–H and O–H groups in total. The van der Waals surface area contributed by atoms with Crippen molar-refractivity contribution >= 4 is 10.9 Å². The molecule has 1 aromatic heterocycles. The Kier molecular flexibility index (Phi) is 2.53. The largest absolute Gasteiger partial charge is 0.496 e. The van der Waals surface area contributed by atoms with Gasteiger partial charge in [-0.05, 0) is 12.1 Å². The van der Waals surface area contributed by atoms with Crippen LogP contribution in [-0.2, 0) is 4.74 Å². The third kappa shape index (κ3) is 1.78. The number of fused-ring (bicyclic) bond motifs is 1. The minimum atomic E-state index is -0.212. The molecule has 86 valence electrons. The van der Waals surface area contributed by atoms with E-state index >= 15 is 0 Å². The Morgan fingerprint density at radius 2 is 2.12 bits per heavy atom. The van der Waals surface area contributed by atoms with Gasteiger partial charge in [-0.1, -0.05) is 24.3 Å². The van der Waals surface area contributed by atoms with Crippen LogP contribution in [0, 0.1) is 0 Å². The lowest BCUT2D eigenvalue weighted by atomic mass is 10.0. The molecule has 2 heterocycles. The summed E-state index contributed by atoms with van der Waals surface area (Å²) in [6.07, 6.45) is 4.80. The van der Waals surface area contributed by atoms with Gasteiger partial charge in [-0.25, -0.2) is 0 Å². The van der Waals surface area contributed by atoms with Crippen LogP contribution in [-0.4, -0.2) is 11.6 Å². The van der Waals surface area contributed by atoms with Crippen molar-refractivity contribution in [2.75, 3.05) is 6.61 Å². The van der Waals surface area contributed by atoms with Gasteiger partial charge in [-0.2, -0.15) is 0 Å². The predicted octanol–water partition coefficient (Wildman–Crippen LogP) is 2.54. The van der Waals surface area contributed by atoms with E-state index in [-0.39, 0.29) is 6.04 Å². The summed E-state index contributed by atoms with van der Waals surface area (Å²) in [5.41, 5.74) is 8.21. The Morgan fingerprint density at radius 3 is 2.94 bits per heavy atom. The van der Waals surface area contributed by atoms with Gasteiger partial charge in [0.1, 0.15) is 5.76 Å². The molecule has 0 radical (unpaired) electrons. The van der Waals surface area contributed by atoms with E-state index in [1.807, 2.05) is 30.3 Å². The second-order valence-electron chi connectivity index (χ2n) is 4.14. The molecule has 1 aliphatic heterocycles. The Bertz CT molecular complexity index is 572. The molecule has 0 bridgehead atoms. The zero-order valence-corrected chi connectivity index (χ0v) is 9.47. The molecule has 1 atom stereocenters. The first-order chi connectivity index (χ1) is 8.36. The summed E-state index contributed by atoms with van der Waals surface area (Å²) in [6, 6.07) is 9.83. The summed E-state index contributed by atoms with van der Waals surface area (Å²) >= 11 is 0. The second-order valence-corrected chi connectivity index (χ2v) is 4.14. The van der Waals surface area contributed by atoms with Crippen LogP contribution in [0.1, 0.15) is 18.0 Å². The smallest absolute Gasteiger partial charge is 0.113 e. The molecule has 0 saturated heterocycles. The summed E-state index contributed by atoms with van der Waals surface area (Å²) in [7, 11) is 0. The molecule has 3 heteroatoms. The van der Waals surface area contributed by atoms with E-state index in [9.17, 15) is 0 Å². The molecular formula is C14H14N2O. The van der Waals surface area contributed by atoms with Crippen molar-refractivity contribution in [1.29, 1.82) is 0 Å². The highest BCUT2D eigenvalue weighted by Crippen LogP contribution is 2.28. The van der Waals surface area contributed by atoms with E-state index < -0.39 is 0 Å². The molecular weight excluding hydrogens is 212 g/mol. The molecule has 1 unspecified atom stereocenters. The van der Waals surface area contributed by atoms with Crippen LogP contribution < -0.4 is 5.73 Å². The number of hydrogen-bond donors (Lipinski definition) is 1. The summed E-state index contributed by atoms with van der Waals surface area (Å²) < 4.78 is 5.53. The Labute approximate surface area is 99.9 Å². The maximum Gasteiger partial charge on any atom is 0.113 e. The maximum atomic E-state index is 6.23. The number of nitrogens with zero attached hydrogens (tertiary/aromatic N) is 1. The Hall–Kier alpha value is -1.87. The van der Waals surface area contributed by atoms with Gasteiger partial charge in [0.2, 0.25) is 0 Å². The summed E-state index contributed by atoms with van der Waals surface area (Å²) in [4.78, 5) is 4.41. The minimum Gasteiger partial charge on any atom is -0.496 e. The van der Waals surface area contributed by atoms with Crippen LogP contribution in [0.2, 0.25) is 0 Å². The lowest BCUT2D eigenvalue weighted by Crippen LogP contribution is -2.14. The quantitative estimate of drug-likeness (QED) is 0.856. The van der Waals surface area contributed by atoms with Crippen LogP contribution in [0.4, 0.5) is 0 Å². The van der Waals surface area contributed by atoms with E-state index in [2.05, 4.69) is 11.1 Å². The number of ether oxygens (including phenoxy) is 1. The van der Waals surface area contributed by atoms with E-state index in [0.717, 1.165) is 35.3 Å². The van der Waals surface area contributed by atoms with Gasteiger partial charge in [0.25, 0.3) is 0 Å². The molecule has 3 nitrogen and oxygen atoms in total. The van der Waals surface area contributed by atoms with Crippen LogP contribution in [0.3, 0.4) is 0 Å². The fourth-order valence-corrected chi connectivity index (χ4v) is 2.19. The van der Waals surface area contributed by atoms with Gasteiger partial charge in [0.05, 0.1) is 18.2 Å². The van der Waals surface area contributed by atoms with Crippen molar-refractivity contribution in [2.24, 2.45) is 5.73 Å². The number of nitrogens with two attached hydrogens (primary N) is 1. The summed E-state index contributed by atoms with van der Waals surface area (Å²) in [5.74, 6) is 0.864. The molecule has 0 amide bonds. The normalized spacial score (nSPS) is 16.6. The van der Waals surface area contributed by atoms with Gasteiger partial charge in [0.15, 0.2) is 0 Å². The molecule has 1 aromatic carbocycles. The number of para-hydroxylation sites is 1. The number of pyridine rings is 1. The first kappa shape index (κ1) is 10.3. The monoisotopic (exact) mass is 226 g/mol. The maximum absolute atomic E-state index is 6.23. The first-order valence-electron chi connectivity index (χ1n) is 5.78. The molecule has 3 rings (SSSR count). The van der Waals surface area contributed by atoms with Gasteiger partial charge in [-0.15, -0.1) is 0 Å². The predicted molar refractivity (Wildman–Crippen MR) is 67.3 cm³/mol. The van der Waals surface area contributed by atoms with Crippen molar-refractivity contribution in [2.45, 2.75) is 12.5 Å². The fourth-order valence-electron chi connectivity index (χ4n) is 2.19. The standard InChI is InChI=1S/C14H14N2O/c15-13(12-7-3-9-17-12)11-6-1-4-10-5-2-8-16-14(10)11/h1-2,4-8,13H,3,9,15H2. The Morgan fingerprint density at radius 1 is 1.24 bits per heavy atom. The molecule has 17 heavy (non-hydrogen) atoms. The number of hydrogen-bond acceptors (Lipinski definition) is 3. The topological polar surface area (TPSA) is 48.1 Å². The van der Waals surface area contributed by atoms with E-state index in [4.69, 9.17) is 10.5 Å². The van der Waals surface area contributed by atoms with Crippen LogP contribution in [0.5, 0.6) is 0 Å². The molecule has 0 aliphatic carbocycles. The van der Waals surface area contributed by atoms with Crippen LogP contribution >= 0.6 is 0 Å². The minimum absolute atomic E-state index is 0.212. The molecule has 0 spiro atoms. The van der Waals surface area contributed by atoms with E-state index in [0.29, 0.717) is 0 Å². The molecule has 2 aromatic rings.